The van der Waals surface area contributed by atoms with Crippen molar-refractivity contribution in [3.8, 4) is 0 Å². The summed E-state index contributed by atoms with van der Waals surface area (Å²) in [6, 6.07) is 8.92. The lowest BCUT2D eigenvalue weighted by atomic mass is 10.1. The maximum Gasteiger partial charge on any atom is 0.238 e. The molecule has 0 unspecified atom stereocenters. The van der Waals surface area contributed by atoms with Gasteiger partial charge in [-0.3, -0.25) is 4.79 Å². The third kappa shape index (κ3) is 5.33. The molecule has 0 heterocycles. The first-order chi connectivity index (χ1) is 12.6. The molecular formula is C19H22F2N2O3S. The highest BCUT2D eigenvalue weighted by molar-refractivity contribution is 7.92. The monoisotopic (exact) mass is 396 g/mol. The van der Waals surface area contributed by atoms with E-state index in [0.717, 1.165) is 24.3 Å². The van der Waals surface area contributed by atoms with E-state index in [4.69, 9.17) is 0 Å². The second kappa shape index (κ2) is 8.58. The third-order valence-electron chi connectivity index (χ3n) is 4.05. The second-order valence-electron chi connectivity index (χ2n) is 6.52. The van der Waals surface area contributed by atoms with Gasteiger partial charge in [0.2, 0.25) is 5.91 Å². The third-order valence-corrected chi connectivity index (χ3v) is 6.12. The standard InChI is InChI=1S/C19H22F2N2O3S/c1-13(27(25,26)17-8-6-16(20)7-9-17)19(24)22-11-14-4-5-15(12-23(2)3)18(21)10-14/h4-10,13H,11-12H2,1-3H3,(H,22,24)/t13-/m1/s1. The molecule has 0 bridgehead atoms. The molecule has 0 fully saturated rings. The summed E-state index contributed by atoms with van der Waals surface area (Å²) >= 11 is 0. The number of nitrogens with one attached hydrogen (secondary N) is 1. The smallest absolute Gasteiger partial charge is 0.238 e. The zero-order chi connectivity index (χ0) is 20.2. The zero-order valence-electron chi connectivity index (χ0n) is 15.4. The Morgan fingerprint density at radius 3 is 2.30 bits per heavy atom. The van der Waals surface area contributed by atoms with E-state index in [0.29, 0.717) is 17.7 Å². The van der Waals surface area contributed by atoms with Crippen LogP contribution in [0.15, 0.2) is 47.4 Å². The first-order valence-corrected chi connectivity index (χ1v) is 9.85. The van der Waals surface area contributed by atoms with E-state index in [-0.39, 0.29) is 17.3 Å². The van der Waals surface area contributed by atoms with Gasteiger partial charge < -0.3 is 10.2 Å². The minimum atomic E-state index is -3.95. The van der Waals surface area contributed by atoms with Crippen molar-refractivity contribution in [1.82, 2.24) is 10.2 Å². The summed E-state index contributed by atoms with van der Waals surface area (Å²) in [5.41, 5.74) is 1.05. The van der Waals surface area contributed by atoms with Crippen LogP contribution in [-0.2, 0) is 27.7 Å². The van der Waals surface area contributed by atoms with E-state index in [2.05, 4.69) is 5.32 Å². The number of carbonyl (C=O) groups is 1. The number of benzene rings is 2. The molecule has 1 atom stereocenters. The van der Waals surface area contributed by atoms with Crippen LogP contribution in [0.25, 0.3) is 0 Å². The number of halogens is 2. The van der Waals surface area contributed by atoms with Gasteiger partial charge in [-0.2, -0.15) is 0 Å². The molecule has 0 aliphatic rings. The van der Waals surface area contributed by atoms with Crippen LogP contribution < -0.4 is 5.32 Å². The van der Waals surface area contributed by atoms with Crippen LogP contribution in [0.1, 0.15) is 18.1 Å². The summed E-state index contributed by atoms with van der Waals surface area (Å²) in [6.45, 7) is 1.71. The maximum absolute atomic E-state index is 14.1. The van der Waals surface area contributed by atoms with E-state index in [1.807, 2.05) is 19.0 Å². The number of hydrogen-bond acceptors (Lipinski definition) is 4. The SMILES string of the molecule is C[C@H](C(=O)NCc1ccc(CN(C)C)c(F)c1)S(=O)(=O)c1ccc(F)cc1. The van der Waals surface area contributed by atoms with E-state index >= 15 is 0 Å². The van der Waals surface area contributed by atoms with Gasteiger partial charge in [-0.15, -0.1) is 0 Å². The molecule has 2 aromatic carbocycles. The Kier molecular flexibility index (Phi) is 6.67. The van der Waals surface area contributed by atoms with Crippen LogP contribution in [0.5, 0.6) is 0 Å². The number of nitrogens with zero attached hydrogens (tertiary/aromatic N) is 1. The van der Waals surface area contributed by atoms with Crippen molar-refractivity contribution in [3.63, 3.8) is 0 Å². The van der Waals surface area contributed by atoms with Crippen LogP contribution >= 0.6 is 0 Å². The molecule has 27 heavy (non-hydrogen) atoms. The number of amides is 1. The van der Waals surface area contributed by atoms with Crippen molar-refractivity contribution >= 4 is 15.7 Å². The largest absolute Gasteiger partial charge is 0.351 e. The van der Waals surface area contributed by atoms with E-state index in [9.17, 15) is 22.0 Å². The normalized spacial score (nSPS) is 12.8. The van der Waals surface area contributed by atoms with Crippen LogP contribution in [0.4, 0.5) is 8.78 Å². The lowest BCUT2D eigenvalue weighted by Crippen LogP contribution is -2.37. The molecule has 2 rings (SSSR count). The van der Waals surface area contributed by atoms with Crippen LogP contribution in [0, 0.1) is 11.6 Å². The first-order valence-electron chi connectivity index (χ1n) is 8.30. The zero-order valence-corrected chi connectivity index (χ0v) is 16.2. The molecule has 5 nitrogen and oxygen atoms in total. The Bertz CT molecular complexity index is 913. The molecule has 0 saturated carbocycles. The summed E-state index contributed by atoms with van der Waals surface area (Å²) in [7, 11) is -0.286. The average molecular weight is 396 g/mol. The minimum Gasteiger partial charge on any atom is -0.351 e. The molecular weight excluding hydrogens is 374 g/mol. The molecule has 2 aromatic rings. The first kappa shape index (κ1) is 21.0. The summed E-state index contributed by atoms with van der Waals surface area (Å²) in [6.07, 6.45) is 0. The molecule has 0 spiro atoms. The predicted molar refractivity (Wildman–Crippen MR) is 98.7 cm³/mol. The van der Waals surface area contributed by atoms with Gasteiger partial charge in [-0.25, -0.2) is 17.2 Å². The van der Waals surface area contributed by atoms with Gasteiger partial charge in [0.1, 0.15) is 16.9 Å². The van der Waals surface area contributed by atoms with E-state index in [1.165, 1.54) is 13.0 Å². The molecule has 146 valence electrons. The van der Waals surface area contributed by atoms with Gasteiger partial charge in [0.15, 0.2) is 9.84 Å². The second-order valence-corrected chi connectivity index (χ2v) is 8.79. The predicted octanol–water partition coefficient (Wildman–Crippen LogP) is 2.51. The highest BCUT2D eigenvalue weighted by Gasteiger charge is 2.29. The lowest BCUT2D eigenvalue weighted by molar-refractivity contribution is -0.120. The molecule has 0 saturated heterocycles. The van der Waals surface area contributed by atoms with Gasteiger partial charge in [0.05, 0.1) is 4.90 Å². The summed E-state index contributed by atoms with van der Waals surface area (Å²) in [5, 5.41) is 1.14. The molecule has 0 aliphatic carbocycles. The Morgan fingerprint density at radius 1 is 1.11 bits per heavy atom. The van der Waals surface area contributed by atoms with Gasteiger partial charge in [0, 0.05) is 18.7 Å². The number of hydrogen-bond donors (Lipinski definition) is 1. The topological polar surface area (TPSA) is 66.5 Å². The summed E-state index contributed by atoms with van der Waals surface area (Å²) in [4.78, 5) is 13.9. The van der Waals surface area contributed by atoms with E-state index < -0.39 is 26.8 Å². The molecule has 8 heteroatoms. The highest BCUT2D eigenvalue weighted by Crippen LogP contribution is 2.17. The average Bonchev–Trinajstić information content (AvgIpc) is 2.61. The van der Waals surface area contributed by atoms with Crippen molar-refractivity contribution in [2.45, 2.75) is 30.2 Å². The fraction of sp³-hybridized carbons (Fsp3) is 0.316. The molecule has 1 N–H and O–H groups in total. The van der Waals surface area contributed by atoms with Crippen LogP contribution in [0.3, 0.4) is 0 Å². The number of sulfone groups is 1. The van der Waals surface area contributed by atoms with Gasteiger partial charge in [-0.05, 0) is 56.9 Å². The Balaban J connectivity index is 2.04. The van der Waals surface area contributed by atoms with E-state index in [1.54, 1.807) is 12.1 Å². The Hall–Kier alpha value is -2.32. The number of rotatable bonds is 7. The van der Waals surface area contributed by atoms with Crippen molar-refractivity contribution in [2.75, 3.05) is 14.1 Å². The maximum atomic E-state index is 14.1. The van der Waals surface area contributed by atoms with Gasteiger partial charge >= 0.3 is 0 Å². The fourth-order valence-electron chi connectivity index (χ4n) is 2.47. The Labute approximate surface area is 157 Å². The quantitative estimate of drug-likeness (QED) is 0.731. The summed E-state index contributed by atoms with van der Waals surface area (Å²) < 4.78 is 51.9. The minimum absolute atomic E-state index is 0.00127. The molecule has 0 aliphatic heterocycles. The Morgan fingerprint density at radius 2 is 1.74 bits per heavy atom. The lowest BCUT2D eigenvalue weighted by Gasteiger charge is -2.14. The highest BCUT2D eigenvalue weighted by atomic mass is 32.2. The van der Waals surface area contributed by atoms with Gasteiger partial charge in [0.25, 0.3) is 0 Å². The van der Waals surface area contributed by atoms with Crippen molar-refractivity contribution in [3.05, 3.63) is 65.2 Å². The fourth-order valence-corrected chi connectivity index (χ4v) is 3.76. The van der Waals surface area contributed by atoms with Crippen molar-refractivity contribution in [1.29, 1.82) is 0 Å². The molecule has 0 aromatic heterocycles. The van der Waals surface area contributed by atoms with Gasteiger partial charge in [-0.1, -0.05) is 12.1 Å². The molecule has 1 amide bonds. The number of carbonyl (C=O) groups excluding carboxylic acids is 1. The van der Waals surface area contributed by atoms with Crippen LogP contribution in [0.2, 0.25) is 0 Å². The van der Waals surface area contributed by atoms with Crippen molar-refractivity contribution in [2.24, 2.45) is 0 Å². The van der Waals surface area contributed by atoms with Crippen LogP contribution in [-0.4, -0.2) is 38.6 Å². The summed E-state index contributed by atoms with van der Waals surface area (Å²) in [5.74, 6) is -1.66. The molecule has 0 radical (unpaired) electrons. The van der Waals surface area contributed by atoms with Crippen molar-refractivity contribution < 1.29 is 22.0 Å².